The van der Waals surface area contributed by atoms with E-state index in [0.717, 1.165) is 53.3 Å². The topological polar surface area (TPSA) is 104 Å². The number of ketones is 2. The lowest BCUT2D eigenvalue weighted by atomic mass is 9.98. The minimum atomic E-state index is 0.0882. The Bertz CT molecular complexity index is 1380. The second kappa shape index (κ2) is 13.3. The van der Waals surface area contributed by atoms with Gasteiger partial charge in [0, 0.05) is 24.7 Å². The van der Waals surface area contributed by atoms with Crippen molar-refractivity contribution in [2.24, 2.45) is 0 Å². The Morgan fingerprint density at radius 2 is 1.10 bits per heavy atom. The van der Waals surface area contributed by atoms with Crippen LogP contribution in [0.3, 0.4) is 0 Å². The molecule has 0 amide bonds. The van der Waals surface area contributed by atoms with E-state index in [-0.39, 0.29) is 24.4 Å². The summed E-state index contributed by atoms with van der Waals surface area (Å²) in [7, 11) is 3.23. The number of ether oxygens (including phenoxy) is 2. The van der Waals surface area contributed by atoms with Gasteiger partial charge in [-0.1, -0.05) is 24.3 Å². The summed E-state index contributed by atoms with van der Waals surface area (Å²) in [4.78, 5) is 25.1. The predicted molar refractivity (Wildman–Crippen MR) is 154 cm³/mol. The molecule has 1 aliphatic rings. The number of carbonyl (C=O) groups is 2. The van der Waals surface area contributed by atoms with Crippen LogP contribution in [0.5, 0.6) is 11.5 Å². The molecule has 0 saturated heterocycles. The maximum Gasteiger partial charge on any atom is 0.143 e. The van der Waals surface area contributed by atoms with Gasteiger partial charge < -0.3 is 9.47 Å². The molecule has 4 aromatic rings. The Morgan fingerprint density at radius 3 is 1.49 bits per heavy atom. The third-order valence-electron chi connectivity index (χ3n) is 7.58. The van der Waals surface area contributed by atoms with E-state index in [1.165, 1.54) is 0 Å². The average Bonchev–Trinajstić information content (AvgIpc) is 3.48. The molecular formula is C33H34N4O4. The highest BCUT2D eigenvalue weighted by molar-refractivity contribution is 5.83. The van der Waals surface area contributed by atoms with Crippen molar-refractivity contribution in [1.29, 1.82) is 0 Å². The number of rotatable bonds is 12. The lowest BCUT2D eigenvalue weighted by Gasteiger charge is -2.11. The zero-order chi connectivity index (χ0) is 28.6. The van der Waals surface area contributed by atoms with Gasteiger partial charge in [-0.2, -0.15) is 20.4 Å². The molecule has 2 heterocycles. The molecule has 41 heavy (non-hydrogen) atoms. The summed E-state index contributed by atoms with van der Waals surface area (Å²) < 4.78 is 10.5. The number of hydrogen-bond donors (Lipinski definition) is 0. The molecule has 0 N–H and O–H groups in total. The molecule has 0 spiro atoms. The van der Waals surface area contributed by atoms with Crippen LogP contribution in [0, 0.1) is 0 Å². The second-order valence-electron chi connectivity index (χ2n) is 10.6. The molecule has 5 rings (SSSR count). The molecule has 2 aromatic carbocycles. The molecule has 1 fully saturated rings. The Hall–Kier alpha value is -4.46. The Labute approximate surface area is 240 Å². The fraction of sp³-hybridized carbons (Fsp3) is 0.333. The van der Waals surface area contributed by atoms with Gasteiger partial charge in [-0.05, 0) is 78.9 Å². The fourth-order valence-corrected chi connectivity index (χ4v) is 5.43. The SMILES string of the molecule is COc1cccc(CC(=O)Cc2ccc([C@@H]3CC[C@H](c4ccc(CC(=O)Cc5cccc(OC)c5)nn4)C3)nn2)c1. The highest BCUT2D eigenvalue weighted by Gasteiger charge is 2.29. The monoisotopic (exact) mass is 550 g/mol. The van der Waals surface area contributed by atoms with Crippen molar-refractivity contribution in [3.8, 4) is 11.5 Å². The van der Waals surface area contributed by atoms with Gasteiger partial charge in [0.25, 0.3) is 0 Å². The maximum absolute atomic E-state index is 12.6. The molecule has 2 atom stereocenters. The summed E-state index contributed by atoms with van der Waals surface area (Å²) in [6, 6.07) is 22.9. The summed E-state index contributed by atoms with van der Waals surface area (Å²) in [5.74, 6) is 2.24. The van der Waals surface area contributed by atoms with Gasteiger partial charge in [0.2, 0.25) is 0 Å². The van der Waals surface area contributed by atoms with Gasteiger partial charge in [-0.15, -0.1) is 0 Å². The van der Waals surface area contributed by atoms with Crippen molar-refractivity contribution >= 4 is 11.6 Å². The first-order valence-electron chi connectivity index (χ1n) is 13.9. The molecule has 1 saturated carbocycles. The van der Waals surface area contributed by atoms with E-state index in [1.54, 1.807) is 14.2 Å². The van der Waals surface area contributed by atoms with Crippen LogP contribution in [0.4, 0.5) is 0 Å². The van der Waals surface area contributed by atoms with Crippen molar-refractivity contribution in [2.75, 3.05) is 14.2 Å². The Kier molecular flexibility index (Phi) is 9.08. The van der Waals surface area contributed by atoms with Crippen LogP contribution < -0.4 is 9.47 Å². The molecular weight excluding hydrogens is 516 g/mol. The summed E-state index contributed by atoms with van der Waals surface area (Å²) in [5.41, 5.74) is 5.10. The van der Waals surface area contributed by atoms with Crippen molar-refractivity contribution < 1.29 is 19.1 Å². The third kappa shape index (κ3) is 7.60. The number of nitrogens with zero attached hydrogens (tertiary/aromatic N) is 4. The number of aromatic nitrogens is 4. The molecule has 1 aliphatic carbocycles. The lowest BCUT2D eigenvalue weighted by Crippen LogP contribution is -2.10. The fourth-order valence-electron chi connectivity index (χ4n) is 5.43. The van der Waals surface area contributed by atoms with Gasteiger partial charge >= 0.3 is 0 Å². The van der Waals surface area contributed by atoms with Gasteiger partial charge in [0.05, 0.1) is 49.8 Å². The summed E-state index contributed by atoms with van der Waals surface area (Å²) in [6.07, 6.45) is 4.09. The van der Waals surface area contributed by atoms with E-state index < -0.39 is 0 Å². The summed E-state index contributed by atoms with van der Waals surface area (Å²) >= 11 is 0. The summed E-state index contributed by atoms with van der Waals surface area (Å²) in [5, 5.41) is 17.6. The molecule has 0 radical (unpaired) electrons. The van der Waals surface area contributed by atoms with Crippen LogP contribution in [0.2, 0.25) is 0 Å². The van der Waals surface area contributed by atoms with Crippen LogP contribution in [0.1, 0.15) is 65.0 Å². The minimum absolute atomic E-state index is 0.0882. The first-order chi connectivity index (χ1) is 20.0. The van der Waals surface area contributed by atoms with Crippen LogP contribution in [-0.2, 0) is 35.3 Å². The van der Waals surface area contributed by atoms with Gasteiger partial charge in [0.15, 0.2) is 0 Å². The van der Waals surface area contributed by atoms with Gasteiger partial charge in [-0.3, -0.25) is 9.59 Å². The highest BCUT2D eigenvalue weighted by Crippen LogP contribution is 2.42. The van der Waals surface area contributed by atoms with Crippen LogP contribution in [0.25, 0.3) is 0 Å². The quantitative estimate of drug-likeness (QED) is 0.242. The number of methoxy groups -OCH3 is 2. The third-order valence-corrected chi connectivity index (χ3v) is 7.58. The maximum atomic E-state index is 12.6. The van der Waals surface area contributed by atoms with E-state index in [1.807, 2.05) is 72.8 Å². The van der Waals surface area contributed by atoms with E-state index in [4.69, 9.17) is 9.47 Å². The number of benzene rings is 2. The van der Waals surface area contributed by atoms with E-state index in [2.05, 4.69) is 20.4 Å². The number of carbonyl (C=O) groups excluding carboxylic acids is 2. The van der Waals surface area contributed by atoms with E-state index >= 15 is 0 Å². The molecule has 2 aromatic heterocycles. The average molecular weight is 551 g/mol. The van der Waals surface area contributed by atoms with Crippen LogP contribution in [-0.4, -0.2) is 46.2 Å². The molecule has 8 heteroatoms. The number of hydrogen-bond acceptors (Lipinski definition) is 8. The van der Waals surface area contributed by atoms with Crippen LogP contribution >= 0.6 is 0 Å². The highest BCUT2D eigenvalue weighted by atomic mass is 16.5. The zero-order valence-electron chi connectivity index (χ0n) is 23.5. The number of Topliss-reactive ketones (excluding diaryl/α,β-unsaturated/α-hetero) is 2. The van der Waals surface area contributed by atoms with Crippen LogP contribution in [0.15, 0.2) is 72.8 Å². The van der Waals surface area contributed by atoms with Crippen molar-refractivity contribution in [3.63, 3.8) is 0 Å². The Balaban J connectivity index is 1.11. The normalized spacial score (nSPS) is 16.3. The molecule has 0 unspecified atom stereocenters. The largest absolute Gasteiger partial charge is 0.497 e. The van der Waals surface area contributed by atoms with Crippen molar-refractivity contribution in [3.05, 3.63) is 107 Å². The second-order valence-corrected chi connectivity index (χ2v) is 10.6. The van der Waals surface area contributed by atoms with E-state index in [9.17, 15) is 9.59 Å². The first kappa shape index (κ1) is 28.1. The first-order valence-corrected chi connectivity index (χ1v) is 13.9. The van der Waals surface area contributed by atoms with E-state index in [0.29, 0.717) is 36.1 Å². The molecule has 8 nitrogen and oxygen atoms in total. The van der Waals surface area contributed by atoms with Gasteiger partial charge in [-0.25, -0.2) is 0 Å². The standard InChI is InChI=1S/C33H34N4O4/c1-40-30-7-3-5-22(17-30)15-28(38)20-26-11-13-32(36-34-26)24-9-10-25(19-24)33-14-12-27(35-37-33)21-29(39)16-23-6-4-8-31(18-23)41-2/h3-8,11-14,17-18,24-25H,9-10,15-16,19-21H2,1-2H3/t24-,25+. The summed E-state index contributed by atoms with van der Waals surface area (Å²) in [6.45, 7) is 0. The lowest BCUT2D eigenvalue weighted by molar-refractivity contribution is -0.118. The van der Waals surface area contributed by atoms with Crippen molar-refractivity contribution in [1.82, 2.24) is 20.4 Å². The molecule has 210 valence electrons. The zero-order valence-corrected chi connectivity index (χ0v) is 23.5. The minimum Gasteiger partial charge on any atom is -0.497 e. The molecule has 0 bridgehead atoms. The smallest absolute Gasteiger partial charge is 0.143 e. The van der Waals surface area contributed by atoms with Crippen molar-refractivity contribution in [2.45, 2.75) is 56.8 Å². The predicted octanol–water partition coefficient (Wildman–Crippen LogP) is 5.04. The Morgan fingerprint density at radius 1 is 0.634 bits per heavy atom. The van der Waals surface area contributed by atoms with Gasteiger partial charge in [0.1, 0.15) is 23.1 Å². The molecule has 0 aliphatic heterocycles.